The van der Waals surface area contributed by atoms with E-state index in [-0.39, 0.29) is 5.91 Å². The molecule has 0 saturated carbocycles. The Labute approximate surface area is 200 Å². The van der Waals surface area contributed by atoms with Crippen LogP contribution in [0.15, 0.2) is 42.7 Å². The lowest BCUT2D eigenvalue weighted by Gasteiger charge is -2.28. The van der Waals surface area contributed by atoms with E-state index in [1.807, 2.05) is 30.0 Å². The molecule has 2 heterocycles. The van der Waals surface area contributed by atoms with E-state index in [2.05, 4.69) is 9.88 Å². The van der Waals surface area contributed by atoms with Crippen molar-refractivity contribution < 1.29 is 19.0 Å². The summed E-state index contributed by atoms with van der Waals surface area (Å²) in [6.45, 7) is 7.94. The molecule has 1 saturated heterocycles. The van der Waals surface area contributed by atoms with E-state index in [4.69, 9.17) is 25.8 Å². The van der Waals surface area contributed by atoms with Gasteiger partial charge in [-0.15, -0.1) is 0 Å². The van der Waals surface area contributed by atoms with E-state index < -0.39 is 0 Å². The highest BCUT2D eigenvalue weighted by Gasteiger charge is 2.15. The summed E-state index contributed by atoms with van der Waals surface area (Å²) in [5, 5.41) is 0.447. The van der Waals surface area contributed by atoms with Gasteiger partial charge in [-0.3, -0.25) is 14.7 Å². The minimum absolute atomic E-state index is 0.0576. The largest absolute Gasteiger partial charge is 0.493 e. The highest BCUT2D eigenvalue weighted by atomic mass is 35.5. The number of ether oxygens (including phenoxy) is 3. The third-order valence-electron chi connectivity index (χ3n) is 5.40. The van der Waals surface area contributed by atoms with Gasteiger partial charge in [0.25, 0.3) is 0 Å². The second-order valence-corrected chi connectivity index (χ2v) is 8.13. The molecule has 3 rings (SSSR count). The first-order chi connectivity index (χ1) is 16.1. The predicted octanol–water partition coefficient (Wildman–Crippen LogP) is 3.91. The molecule has 178 valence electrons. The quantitative estimate of drug-likeness (QED) is 0.461. The molecule has 1 fully saturated rings. The summed E-state index contributed by atoms with van der Waals surface area (Å²) in [6.07, 6.45) is 7.73. The number of carbonyl (C=O) groups is 1. The Kier molecular flexibility index (Phi) is 10.00. The van der Waals surface area contributed by atoms with E-state index >= 15 is 0 Å². The number of halogens is 1. The molecule has 0 N–H and O–H groups in total. The molecular formula is C25H32ClN3O4. The van der Waals surface area contributed by atoms with E-state index in [1.54, 1.807) is 37.7 Å². The van der Waals surface area contributed by atoms with Crippen LogP contribution in [0.1, 0.15) is 24.5 Å². The van der Waals surface area contributed by atoms with E-state index in [0.29, 0.717) is 36.2 Å². The number of rotatable bonds is 11. The molecule has 0 spiro atoms. The van der Waals surface area contributed by atoms with Crippen LogP contribution >= 0.6 is 11.6 Å². The Hall–Kier alpha value is -2.61. The number of hydrogen-bond acceptors (Lipinski definition) is 6. The first kappa shape index (κ1) is 25.0. The lowest BCUT2D eigenvalue weighted by atomic mass is 10.1. The van der Waals surface area contributed by atoms with Crippen molar-refractivity contribution in [2.75, 3.05) is 53.1 Å². The molecule has 1 aromatic carbocycles. The maximum Gasteiger partial charge on any atom is 0.246 e. The average Bonchev–Trinajstić information content (AvgIpc) is 2.84. The highest BCUT2D eigenvalue weighted by Crippen LogP contribution is 2.36. The van der Waals surface area contributed by atoms with Gasteiger partial charge in [-0.25, -0.2) is 0 Å². The predicted molar refractivity (Wildman–Crippen MR) is 130 cm³/mol. The van der Waals surface area contributed by atoms with Crippen molar-refractivity contribution in [1.29, 1.82) is 0 Å². The zero-order valence-electron chi connectivity index (χ0n) is 19.3. The van der Waals surface area contributed by atoms with E-state index in [0.717, 1.165) is 50.4 Å². The molecule has 1 amide bonds. The summed E-state index contributed by atoms with van der Waals surface area (Å²) in [5.74, 6) is 0.987. The minimum atomic E-state index is -0.0576. The third-order valence-corrected chi connectivity index (χ3v) is 5.68. The number of hydrogen-bond donors (Lipinski definition) is 0. The number of aromatic nitrogens is 1. The monoisotopic (exact) mass is 473 g/mol. The lowest BCUT2D eigenvalue weighted by Crippen LogP contribution is -2.38. The first-order valence-corrected chi connectivity index (χ1v) is 11.6. The van der Waals surface area contributed by atoms with Gasteiger partial charge in [0.1, 0.15) is 0 Å². The average molecular weight is 474 g/mol. The lowest BCUT2D eigenvalue weighted by molar-refractivity contribution is -0.126. The molecule has 1 aliphatic heterocycles. The van der Waals surface area contributed by atoms with Crippen LogP contribution in [0.25, 0.3) is 6.08 Å². The molecule has 0 radical (unpaired) electrons. The fraction of sp³-hybridized carbons (Fsp3) is 0.440. The molecule has 1 aromatic heterocycles. The summed E-state index contributed by atoms with van der Waals surface area (Å²) in [7, 11) is 1.57. The summed E-state index contributed by atoms with van der Waals surface area (Å²) in [6, 6.07) is 7.45. The molecule has 2 aromatic rings. The van der Waals surface area contributed by atoms with E-state index in [9.17, 15) is 4.79 Å². The van der Waals surface area contributed by atoms with Crippen LogP contribution in [0.3, 0.4) is 0 Å². The molecule has 0 bridgehead atoms. The van der Waals surface area contributed by atoms with Gasteiger partial charge in [-0.1, -0.05) is 11.6 Å². The van der Waals surface area contributed by atoms with Crippen LogP contribution in [0, 0.1) is 0 Å². The molecule has 0 aliphatic carbocycles. The second-order valence-electron chi connectivity index (χ2n) is 7.72. The smallest absolute Gasteiger partial charge is 0.246 e. The Morgan fingerprint density at radius 2 is 2.03 bits per heavy atom. The first-order valence-electron chi connectivity index (χ1n) is 11.3. The fourth-order valence-electron chi connectivity index (χ4n) is 3.68. The van der Waals surface area contributed by atoms with Gasteiger partial charge < -0.3 is 19.1 Å². The molecule has 7 nitrogen and oxygen atoms in total. The van der Waals surface area contributed by atoms with Crippen molar-refractivity contribution >= 4 is 23.6 Å². The summed E-state index contributed by atoms with van der Waals surface area (Å²) < 4.78 is 16.4. The van der Waals surface area contributed by atoms with Crippen LogP contribution in [0.4, 0.5) is 0 Å². The van der Waals surface area contributed by atoms with Crippen molar-refractivity contribution in [3.05, 3.63) is 58.9 Å². The van der Waals surface area contributed by atoms with Crippen molar-refractivity contribution in [1.82, 2.24) is 14.8 Å². The van der Waals surface area contributed by atoms with Crippen LogP contribution in [0.5, 0.6) is 11.5 Å². The third kappa shape index (κ3) is 7.74. The highest BCUT2D eigenvalue weighted by molar-refractivity contribution is 6.32. The SMILES string of the molecule is CCOc1c(Cl)cc(/C=C/C(=O)N(CCCN2CCOCC2)Cc2ccncc2)cc1OC. The minimum Gasteiger partial charge on any atom is -0.493 e. The number of carbonyl (C=O) groups excluding carboxylic acids is 1. The zero-order valence-corrected chi connectivity index (χ0v) is 20.1. The fourth-order valence-corrected chi connectivity index (χ4v) is 3.95. The van der Waals surface area contributed by atoms with Crippen LogP contribution in [-0.4, -0.2) is 73.8 Å². The Morgan fingerprint density at radius 3 is 2.73 bits per heavy atom. The molecule has 0 unspecified atom stereocenters. The second kappa shape index (κ2) is 13.2. The molecular weight excluding hydrogens is 442 g/mol. The Balaban J connectivity index is 1.69. The van der Waals surface area contributed by atoms with Crippen LogP contribution < -0.4 is 9.47 Å². The summed E-state index contributed by atoms with van der Waals surface area (Å²) in [5.41, 5.74) is 1.81. The summed E-state index contributed by atoms with van der Waals surface area (Å²) >= 11 is 6.37. The Bertz CT molecular complexity index is 917. The van der Waals surface area contributed by atoms with Crippen molar-refractivity contribution in [3.63, 3.8) is 0 Å². The normalized spacial score (nSPS) is 14.4. The van der Waals surface area contributed by atoms with Crippen molar-refractivity contribution in [2.45, 2.75) is 19.9 Å². The molecule has 8 heteroatoms. The number of morpholine rings is 1. The number of nitrogens with zero attached hydrogens (tertiary/aromatic N) is 3. The number of pyridine rings is 1. The topological polar surface area (TPSA) is 64.1 Å². The van der Waals surface area contributed by atoms with E-state index in [1.165, 1.54) is 0 Å². The number of methoxy groups -OCH3 is 1. The van der Waals surface area contributed by atoms with Gasteiger partial charge in [-0.2, -0.15) is 0 Å². The van der Waals surface area contributed by atoms with Crippen LogP contribution in [-0.2, 0) is 16.1 Å². The number of amides is 1. The van der Waals surface area contributed by atoms with Gasteiger partial charge >= 0.3 is 0 Å². The molecule has 1 aliphatic rings. The van der Waals surface area contributed by atoms with Gasteiger partial charge in [0.15, 0.2) is 11.5 Å². The number of benzene rings is 1. The van der Waals surface area contributed by atoms with Gasteiger partial charge in [-0.05, 0) is 54.8 Å². The van der Waals surface area contributed by atoms with Crippen molar-refractivity contribution in [3.8, 4) is 11.5 Å². The zero-order chi connectivity index (χ0) is 23.5. The van der Waals surface area contributed by atoms with Crippen molar-refractivity contribution in [2.24, 2.45) is 0 Å². The molecule has 0 atom stereocenters. The van der Waals surface area contributed by atoms with Gasteiger partial charge in [0.2, 0.25) is 5.91 Å². The standard InChI is InChI=1S/C25H32ClN3O4/c1-3-33-25-22(26)17-21(18-23(25)31-2)5-6-24(30)29(19-20-7-9-27-10-8-20)12-4-11-28-13-15-32-16-14-28/h5-10,17-18H,3-4,11-16,19H2,1-2H3/b6-5+. The van der Waals surface area contributed by atoms with Crippen LogP contribution in [0.2, 0.25) is 5.02 Å². The maximum absolute atomic E-state index is 13.1. The summed E-state index contributed by atoms with van der Waals surface area (Å²) in [4.78, 5) is 21.4. The maximum atomic E-state index is 13.1. The van der Waals surface area contributed by atoms with Gasteiger partial charge in [0, 0.05) is 51.2 Å². The molecule has 33 heavy (non-hydrogen) atoms. The van der Waals surface area contributed by atoms with Gasteiger partial charge in [0.05, 0.1) is 32.0 Å². The Morgan fingerprint density at radius 1 is 1.27 bits per heavy atom.